The van der Waals surface area contributed by atoms with Crippen molar-refractivity contribution in [1.29, 1.82) is 0 Å². The zero-order chi connectivity index (χ0) is 17.7. The van der Waals surface area contributed by atoms with E-state index in [9.17, 15) is 14.5 Å². The number of nitrogens with zero attached hydrogens (tertiary/aromatic N) is 1. The summed E-state index contributed by atoms with van der Waals surface area (Å²) in [5, 5.41) is 10.8. The van der Waals surface area contributed by atoms with Crippen molar-refractivity contribution in [1.82, 2.24) is 10.2 Å². The van der Waals surface area contributed by atoms with Gasteiger partial charge in [0.2, 0.25) is 5.91 Å². The topological polar surface area (TPSA) is 118 Å². The van der Waals surface area contributed by atoms with Crippen molar-refractivity contribution >= 4 is 20.5 Å². The highest BCUT2D eigenvalue weighted by atomic mass is 31.2. The van der Waals surface area contributed by atoms with Crippen molar-refractivity contribution in [2.75, 3.05) is 40.5 Å². The predicted octanol–water partition coefficient (Wildman–Crippen LogP) is 0.604. The molecule has 0 aromatic heterocycles. The maximum atomic E-state index is 11.5. The molecule has 0 fully saturated rings. The van der Waals surface area contributed by atoms with Crippen LogP contribution in [0.4, 0.5) is 4.79 Å². The Balaban J connectivity index is 3.92. The van der Waals surface area contributed by atoms with E-state index in [1.54, 1.807) is 7.05 Å². The molecule has 2 unspecified atom stereocenters. The van der Waals surface area contributed by atoms with Crippen LogP contribution >= 0.6 is 8.60 Å². The predicted molar refractivity (Wildman–Crippen MR) is 84.6 cm³/mol. The Morgan fingerprint density at radius 3 is 2.57 bits per heavy atom. The molecule has 0 aromatic carbocycles. The lowest BCUT2D eigenvalue weighted by molar-refractivity contribution is -0.118. The highest BCUT2D eigenvalue weighted by Gasteiger charge is 2.16. The number of urea groups is 1. The van der Waals surface area contributed by atoms with Crippen LogP contribution < -0.4 is 5.32 Å². The van der Waals surface area contributed by atoms with Crippen molar-refractivity contribution in [3.05, 3.63) is 0 Å². The SMILES string of the molecule is COC(CCN(C)C(=O)NC(C)=O)COP(O)OCCCCO. The maximum Gasteiger partial charge on any atom is 0.329 e. The fourth-order valence-electron chi connectivity index (χ4n) is 1.50. The number of methoxy groups -OCH3 is 1. The van der Waals surface area contributed by atoms with Gasteiger partial charge in [-0.05, 0) is 19.3 Å². The molecule has 0 radical (unpaired) electrons. The molecule has 0 aliphatic heterocycles. The second-order valence-electron chi connectivity index (χ2n) is 4.85. The van der Waals surface area contributed by atoms with E-state index >= 15 is 0 Å². The molecule has 0 saturated heterocycles. The molecule has 10 heteroatoms. The first-order valence-corrected chi connectivity index (χ1v) is 8.44. The summed E-state index contributed by atoms with van der Waals surface area (Å²) in [5.41, 5.74) is 0. The molecular formula is C13H27N2O7P. The molecule has 0 rings (SSSR count). The van der Waals surface area contributed by atoms with Crippen molar-refractivity contribution in [3.63, 3.8) is 0 Å². The van der Waals surface area contributed by atoms with E-state index in [2.05, 4.69) is 5.32 Å². The van der Waals surface area contributed by atoms with Gasteiger partial charge >= 0.3 is 14.6 Å². The van der Waals surface area contributed by atoms with Crippen LogP contribution in [0.5, 0.6) is 0 Å². The van der Waals surface area contributed by atoms with Gasteiger partial charge in [0, 0.05) is 34.2 Å². The minimum atomic E-state index is -1.98. The average molecular weight is 354 g/mol. The van der Waals surface area contributed by atoms with Gasteiger partial charge in [0.05, 0.1) is 19.3 Å². The fraction of sp³-hybridized carbons (Fsp3) is 0.846. The molecule has 0 aliphatic rings. The molecule has 0 heterocycles. The van der Waals surface area contributed by atoms with Crippen LogP contribution in [-0.2, 0) is 18.6 Å². The molecule has 3 amide bonds. The molecule has 136 valence electrons. The van der Waals surface area contributed by atoms with Crippen LogP contribution in [0.25, 0.3) is 0 Å². The number of imide groups is 1. The normalized spacial score (nSPS) is 13.4. The van der Waals surface area contributed by atoms with E-state index in [0.29, 0.717) is 32.4 Å². The standard InChI is InChI=1S/C13H27N2O7P/c1-11(17)14-13(18)15(2)7-6-12(20-3)10-22-23(19)21-9-5-4-8-16/h12,16,19H,4-10H2,1-3H3,(H,14,17,18). The third-order valence-corrected chi connectivity index (χ3v) is 3.65. The number of nitrogens with one attached hydrogen (secondary N) is 1. The highest BCUT2D eigenvalue weighted by Crippen LogP contribution is 2.33. The molecule has 9 nitrogen and oxygen atoms in total. The summed E-state index contributed by atoms with van der Waals surface area (Å²) in [6.07, 6.45) is 1.41. The first-order valence-electron chi connectivity index (χ1n) is 7.31. The molecule has 23 heavy (non-hydrogen) atoms. The molecule has 2 atom stereocenters. The Bertz CT molecular complexity index is 346. The van der Waals surface area contributed by atoms with Gasteiger partial charge in [-0.3, -0.25) is 10.1 Å². The molecule has 0 saturated carbocycles. The van der Waals surface area contributed by atoms with Crippen molar-refractivity contribution < 1.29 is 33.4 Å². The molecule has 3 N–H and O–H groups in total. The van der Waals surface area contributed by atoms with Gasteiger partial charge < -0.3 is 28.7 Å². The lowest BCUT2D eigenvalue weighted by Gasteiger charge is -2.21. The average Bonchev–Trinajstić information content (AvgIpc) is 2.50. The molecule has 0 bridgehead atoms. The number of carbonyl (C=O) groups is 2. The number of aliphatic hydroxyl groups is 1. The van der Waals surface area contributed by atoms with Crippen LogP contribution in [0.3, 0.4) is 0 Å². The minimum Gasteiger partial charge on any atom is -0.396 e. The maximum absolute atomic E-state index is 11.5. The Kier molecular flexibility index (Phi) is 13.1. The summed E-state index contributed by atoms with van der Waals surface area (Å²) >= 11 is 0. The number of hydrogen-bond donors (Lipinski definition) is 3. The summed E-state index contributed by atoms with van der Waals surface area (Å²) in [4.78, 5) is 33.2. The van der Waals surface area contributed by atoms with Crippen LogP contribution in [0, 0.1) is 0 Å². The summed E-state index contributed by atoms with van der Waals surface area (Å²) in [7, 11) is 1.09. The number of aliphatic hydroxyl groups excluding tert-OH is 1. The lowest BCUT2D eigenvalue weighted by Crippen LogP contribution is -2.41. The van der Waals surface area contributed by atoms with E-state index in [-0.39, 0.29) is 19.3 Å². The number of rotatable bonds is 12. The molecular weight excluding hydrogens is 327 g/mol. The van der Waals surface area contributed by atoms with E-state index in [1.165, 1.54) is 18.9 Å². The Hall–Kier alpha value is -0.830. The number of hydrogen-bond acceptors (Lipinski definition) is 7. The zero-order valence-electron chi connectivity index (χ0n) is 13.9. The second-order valence-corrected chi connectivity index (χ2v) is 5.84. The van der Waals surface area contributed by atoms with Gasteiger partial charge in [0.1, 0.15) is 0 Å². The van der Waals surface area contributed by atoms with Gasteiger partial charge in [-0.15, -0.1) is 0 Å². The fourth-order valence-corrected chi connectivity index (χ4v) is 2.15. The Labute approximate surface area is 137 Å². The van der Waals surface area contributed by atoms with E-state index in [0.717, 1.165) is 0 Å². The first kappa shape index (κ1) is 22.2. The van der Waals surface area contributed by atoms with Crippen LogP contribution in [0.15, 0.2) is 0 Å². The monoisotopic (exact) mass is 354 g/mol. The third kappa shape index (κ3) is 12.3. The van der Waals surface area contributed by atoms with Crippen molar-refractivity contribution in [2.24, 2.45) is 0 Å². The zero-order valence-corrected chi connectivity index (χ0v) is 14.8. The minimum absolute atomic E-state index is 0.0873. The molecule has 0 aliphatic carbocycles. The smallest absolute Gasteiger partial charge is 0.329 e. The van der Waals surface area contributed by atoms with E-state index in [1.807, 2.05) is 0 Å². The lowest BCUT2D eigenvalue weighted by atomic mass is 10.2. The Morgan fingerprint density at radius 2 is 2.00 bits per heavy atom. The van der Waals surface area contributed by atoms with Crippen LogP contribution in [0.2, 0.25) is 0 Å². The highest BCUT2D eigenvalue weighted by molar-refractivity contribution is 7.40. The number of carbonyl (C=O) groups excluding carboxylic acids is 2. The summed E-state index contributed by atoms with van der Waals surface area (Å²) in [5.74, 6) is -0.419. The van der Waals surface area contributed by atoms with Crippen molar-refractivity contribution in [2.45, 2.75) is 32.3 Å². The summed E-state index contributed by atoms with van der Waals surface area (Å²) in [6.45, 7) is 2.16. The largest absolute Gasteiger partial charge is 0.396 e. The van der Waals surface area contributed by atoms with E-state index < -0.39 is 20.5 Å². The van der Waals surface area contributed by atoms with Crippen molar-refractivity contribution in [3.8, 4) is 0 Å². The number of unbranched alkanes of at least 4 members (excludes halogenated alkanes) is 1. The van der Waals surface area contributed by atoms with Gasteiger partial charge in [0.15, 0.2) is 0 Å². The summed E-state index contributed by atoms with van der Waals surface area (Å²) in [6, 6.07) is -0.482. The quantitative estimate of drug-likeness (QED) is 0.347. The number of amides is 3. The van der Waals surface area contributed by atoms with Gasteiger partial charge in [-0.2, -0.15) is 0 Å². The molecule has 0 spiro atoms. The first-order chi connectivity index (χ1) is 10.9. The van der Waals surface area contributed by atoms with Gasteiger partial charge in [-0.25, -0.2) is 4.79 Å². The van der Waals surface area contributed by atoms with E-state index in [4.69, 9.17) is 18.9 Å². The molecule has 0 aromatic rings. The van der Waals surface area contributed by atoms with Gasteiger partial charge in [0.25, 0.3) is 0 Å². The van der Waals surface area contributed by atoms with Crippen LogP contribution in [-0.4, -0.2) is 73.5 Å². The number of ether oxygens (including phenoxy) is 1. The Morgan fingerprint density at radius 1 is 1.30 bits per heavy atom. The third-order valence-electron chi connectivity index (χ3n) is 2.87. The van der Waals surface area contributed by atoms with Gasteiger partial charge in [-0.1, -0.05) is 0 Å². The second kappa shape index (κ2) is 13.6. The summed E-state index contributed by atoms with van der Waals surface area (Å²) < 4.78 is 15.5. The van der Waals surface area contributed by atoms with Crippen LogP contribution in [0.1, 0.15) is 26.2 Å².